The van der Waals surface area contributed by atoms with Gasteiger partial charge in [-0.3, -0.25) is 9.59 Å². The Morgan fingerprint density at radius 3 is 2.35 bits per heavy atom. The SMILES string of the molecule is O=C(NC1CCCCC1)c1ccc2c(c1)C(=O)c1ccccc1-2. The van der Waals surface area contributed by atoms with Gasteiger partial charge in [-0.05, 0) is 36.1 Å². The van der Waals surface area contributed by atoms with E-state index in [-0.39, 0.29) is 17.7 Å². The van der Waals surface area contributed by atoms with E-state index >= 15 is 0 Å². The van der Waals surface area contributed by atoms with E-state index in [1.54, 1.807) is 6.07 Å². The highest BCUT2D eigenvalue weighted by Crippen LogP contribution is 2.36. The first-order valence-electron chi connectivity index (χ1n) is 8.33. The van der Waals surface area contributed by atoms with Gasteiger partial charge in [-0.15, -0.1) is 0 Å². The summed E-state index contributed by atoms with van der Waals surface area (Å²) >= 11 is 0. The molecule has 1 N–H and O–H groups in total. The van der Waals surface area contributed by atoms with Crippen LogP contribution in [0, 0.1) is 0 Å². The molecule has 0 aromatic heterocycles. The number of fused-ring (bicyclic) bond motifs is 3. The Labute approximate surface area is 135 Å². The van der Waals surface area contributed by atoms with Crippen molar-refractivity contribution in [3.05, 3.63) is 59.2 Å². The molecule has 0 radical (unpaired) electrons. The smallest absolute Gasteiger partial charge is 0.251 e. The maximum absolute atomic E-state index is 12.5. The van der Waals surface area contributed by atoms with E-state index in [2.05, 4.69) is 5.32 Å². The molecule has 4 rings (SSSR count). The van der Waals surface area contributed by atoms with Gasteiger partial charge in [0.05, 0.1) is 0 Å². The van der Waals surface area contributed by atoms with Crippen LogP contribution in [0.5, 0.6) is 0 Å². The molecule has 3 nitrogen and oxygen atoms in total. The molecule has 1 amide bonds. The summed E-state index contributed by atoms with van der Waals surface area (Å²) in [6, 6.07) is 13.4. The van der Waals surface area contributed by atoms with Crippen molar-refractivity contribution in [3.8, 4) is 11.1 Å². The molecule has 2 aliphatic carbocycles. The minimum Gasteiger partial charge on any atom is -0.349 e. The summed E-state index contributed by atoms with van der Waals surface area (Å²) in [6.07, 6.45) is 5.74. The molecule has 0 bridgehead atoms. The van der Waals surface area contributed by atoms with Crippen LogP contribution in [0.3, 0.4) is 0 Å². The van der Waals surface area contributed by atoms with Crippen LogP contribution < -0.4 is 5.32 Å². The van der Waals surface area contributed by atoms with Gasteiger partial charge < -0.3 is 5.32 Å². The zero-order valence-corrected chi connectivity index (χ0v) is 13.0. The number of ketones is 1. The predicted molar refractivity (Wildman–Crippen MR) is 89.6 cm³/mol. The molecule has 116 valence electrons. The first kappa shape index (κ1) is 14.2. The molecular formula is C20H19NO2. The zero-order valence-electron chi connectivity index (χ0n) is 13.0. The topological polar surface area (TPSA) is 46.2 Å². The third kappa shape index (κ3) is 2.46. The lowest BCUT2D eigenvalue weighted by molar-refractivity contribution is 0.0927. The Kier molecular flexibility index (Phi) is 3.49. The molecule has 2 aromatic rings. The third-order valence-electron chi connectivity index (χ3n) is 4.93. The fourth-order valence-electron chi connectivity index (χ4n) is 3.68. The number of amides is 1. The predicted octanol–water partition coefficient (Wildman–Crippen LogP) is 3.96. The van der Waals surface area contributed by atoms with Gasteiger partial charge >= 0.3 is 0 Å². The van der Waals surface area contributed by atoms with Crippen LogP contribution in [0.15, 0.2) is 42.5 Å². The normalized spacial score (nSPS) is 16.8. The van der Waals surface area contributed by atoms with Crippen molar-refractivity contribution >= 4 is 11.7 Å². The van der Waals surface area contributed by atoms with Crippen LogP contribution in [-0.4, -0.2) is 17.7 Å². The molecule has 1 fully saturated rings. The Bertz CT molecular complexity index is 788. The quantitative estimate of drug-likeness (QED) is 0.779. The van der Waals surface area contributed by atoms with Gasteiger partial charge in [-0.2, -0.15) is 0 Å². The fourth-order valence-corrected chi connectivity index (χ4v) is 3.68. The molecule has 0 saturated heterocycles. The monoisotopic (exact) mass is 305 g/mol. The van der Waals surface area contributed by atoms with Gasteiger partial charge in [0.15, 0.2) is 5.78 Å². The van der Waals surface area contributed by atoms with Crippen molar-refractivity contribution in [2.75, 3.05) is 0 Å². The molecule has 0 aliphatic heterocycles. The van der Waals surface area contributed by atoms with E-state index in [1.165, 1.54) is 19.3 Å². The van der Waals surface area contributed by atoms with Gasteiger partial charge in [0, 0.05) is 22.7 Å². The summed E-state index contributed by atoms with van der Waals surface area (Å²) in [6.45, 7) is 0. The molecule has 23 heavy (non-hydrogen) atoms. The highest BCUT2D eigenvalue weighted by atomic mass is 16.1. The maximum atomic E-state index is 12.5. The number of hydrogen-bond donors (Lipinski definition) is 1. The number of carbonyl (C=O) groups is 2. The lowest BCUT2D eigenvalue weighted by atomic mass is 9.95. The van der Waals surface area contributed by atoms with Gasteiger partial charge in [0.1, 0.15) is 0 Å². The van der Waals surface area contributed by atoms with E-state index in [0.717, 1.165) is 29.5 Å². The molecule has 1 saturated carbocycles. The van der Waals surface area contributed by atoms with E-state index in [1.807, 2.05) is 36.4 Å². The van der Waals surface area contributed by atoms with Gasteiger partial charge in [-0.1, -0.05) is 49.6 Å². The van der Waals surface area contributed by atoms with Crippen LogP contribution in [0.1, 0.15) is 58.4 Å². The Morgan fingerprint density at radius 1 is 0.870 bits per heavy atom. The first-order chi connectivity index (χ1) is 11.2. The molecule has 0 heterocycles. The molecule has 0 spiro atoms. The molecular weight excluding hydrogens is 286 g/mol. The van der Waals surface area contributed by atoms with Crippen molar-refractivity contribution in [1.82, 2.24) is 5.32 Å². The minimum atomic E-state index is -0.0662. The summed E-state index contributed by atoms with van der Waals surface area (Å²) in [7, 11) is 0. The van der Waals surface area contributed by atoms with Crippen LogP contribution in [0.2, 0.25) is 0 Å². The van der Waals surface area contributed by atoms with Gasteiger partial charge in [0.25, 0.3) is 5.91 Å². The van der Waals surface area contributed by atoms with Crippen molar-refractivity contribution < 1.29 is 9.59 Å². The second kappa shape index (κ2) is 5.65. The van der Waals surface area contributed by atoms with Crippen molar-refractivity contribution in [3.63, 3.8) is 0 Å². The molecule has 2 aromatic carbocycles. The fraction of sp³-hybridized carbons (Fsp3) is 0.300. The lowest BCUT2D eigenvalue weighted by Gasteiger charge is -2.22. The summed E-state index contributed by atoms with van der Waals surface area (Å²) in [5.74, 6) is -0.0497. The zero-order chi connectivity index (χ0) is 15.8. The molecule has 2 aliphatic rings. The average Bonchev–Trinajstić information content (AvgIpc) is 2.89. The minimum absolute atomic E-state index is 0.0166. The standard InChI is InChI=1S/C20H19NO2/c22-19-17-9-5-4-8-15(17)16-11-10-13(12-18(16)19)20(23)21-14-6-2-1-3-7-14/h4-5,8-12,14H,1-3,6-7H2,(H,21,23). The largest absolute Gasteiger partial charge is 0.349 e. The van der Waals surface area contributed by atoms with Crippen LogP contribution >= 0.6 is 0 Å². The van der Waals surface area contributed by atoms with Crippen molar-refractivity contribution in [1.29, 1.82) is 0 Å². The number of benzene rings is 2. The Morgan fingerprint density at radius 2 is 1.57 bits per heavy atom. The first-order valence-corrected chi connectivity index (χ1v) is 8.33. The van der Waals surface area contributed by atoms with E-state index in [4.69, 9.17) is 0 Å². The number of nitrogens with one attached hydrogen (secondary N) is 1. The van der Waals surface area contributed by atoms with E-state index in [9.17, 15) is 9.59 Å². The Hall–Kier alpha value is -2.42. The summed E-state index contributed by atoms with van der Waals surface area (Å²) < 4.78 is 0. The molecule has 0 atom stereocenters. The second-order valence-electron chi connectivity index (χ2n) is 6.44. The number of carbonyl (C=O) groups excluding carboxylic acids is 2. The van der Waals surface area contributed by atoms with Crippen LogP contribution in [0.25, 0.3) is 11.1 Å². The summed E-state index contributed by atoms with van der Waals surface area (Å²) in [5.41, 5.74) is 3.84. The van der Waals surface area contributed by atoms with E-state index < -0.39 is 0 Å². The van der Waals surface area contributed by atoms with Crippen molar-refractivity contribution in [2.24, 2.45) is 0 Å². The average molecular weight is 305 g/mol. The highest BCUT2D eigenvalue weighted by Gasteiger charge is 2.27. The number of rotatable bonds is 2. The summed E-state index contributed by atoms with van der Waals surface area (Å²) in [5, 5.41) is 3.11. The summed E-state index contributed by atoms with van der Waals surface area (Å²) in [4.78, 5) is 25.0. The maximum Gasteiger partial charge on any atom is 0.251 e. The van der Waals surface area contributed by atoms with E-state index in [0.29, 0.717) is 11.1 Å². The third-order valence-corrected chi connectivity index (χ3v) is 4.93. The molecule has 0 unspecified atom stereocenters. The molecule has 3 heteroatoms. The number of hydrogen-bond acceptors (Lipinski definition) is 2. The van der Waals surface area contributed by atoms with Crippen LogP contribution in [-0.2, 0) is 0 Å². The van der Waals surface area contributed by atoms with Crippen LogP contribution in [0.4, 0.5) is 0 Å². The lowest BCUT2D eigenvalue weighted by Crippen LogP contribution is -2.36. The Balaban J connectivity index is 1.61. The second-order valence-corrected chi connectivity index (χ2v) is 6.44. The van der Waals surface area contributed by atoms with Gasteiger partial charge in [0.2, 0.25) is 0 Å². The van der Waals surface area contributed by atoms with Gasteiger partial charge in [-0.25, -0.2) is 0 Å². The highest BCUT2D eigenvalue weighted by molar-refractivity contribution is 6.22. The van der Waals surface area contributed by atoms with Crippen molar-refractivity contribution in [2.45, 2.75) is 38.1 Å².